The van der Waals surface area contributed by atoms with Crippen LogP contribution in [-0.4, -0.2) is 35.2 Å². The zero-order valence-electron chi connectivity index (χ0n) is 12.9. The highest BCUT2D eigenvalue weighted by Crippen LogP contribution is 2.31. The van der Waals surface area contributed by atoms with Crippen LogP contribution in [0, 0.1) is 17.0 Å². The number of aliphatic imine (C=N–C) groups is 1. The van der Waals surface area contributed by atoms with Gasteiger partial charge in [-0.05, 0) is 34.5 Å². The van der Waals surface area contributed by atoms with Gasteiger partial charge in [-0.15, -0.1) is 0 Å². The number of aryl methyl sites for hydroxylation is 1. The van der Waals surface area contributed by atoms with E-state index in [0.717, 1.165) is 0 Å². The molecular weight excluding hydrogens is 364 g/mol. The number of ether oxygens (including phenoxy) is 1. The summed E-state index contributed by atoms with van der Waals surface area (Å²) < 4.78 is 6.38. The first-order valence-corrected chi connectivity index (χ1v) is 7.45. The standard InChI is InChI=1S/C15H15BrN4O3/c1-10-6-11(20(21)22)4-5-13(10)23-12-7-14(16)18-15(8-12)17-9-19(2)3/h4-9H,1-3H3. The van der Waals surface area contributed by atoms with E-state index >= 15 is 0 Å². The molecule has 8 heteroatoms. The lowest BCUT2D eigenvalue weighted by Gasteiger charge is -2.09. The first-order valence-electron chi connectivity index (χ1n) is 6.66. The smallest absolute Gasteiger partial charge is 0.269 e. The Hall–Kier alpha value is -2.48. The van der Waals surface area contributed by atoms with Gasteiger partial charge in [-0.3, -0.25) is 10.1 Å². The maximum Gasteiger partial charge on any atom is 0.269 e. The summed E-state index contributed by atoms with van der Waals surface area (Å²) in [6.07, 6.45) is 1.63. The van der Waals surface area contributed by atoms with Gasteiger partial charge in [0.25, 0.3) is 5.69 Å². The van der Waals surface area contributed by atoms with Gasteiger partial charge >= 0.3 is 0 Å². The van der Waals surface area contributed by atoms with Gasteiger partial charge in [0.15, 0.2) is 5.82 Å². The van der Waals surface area contributed by atoms with Gasteiger partial charge in [0.2, 0.25) is 0 Å². The first-order chi connectivity index (χ1) is 10.8. The molecule has 0 aliphatic carbocycles. The summed E-state index contributed by atoms with van der Waals surface area (Å²) in [5.74, 6) is 1.56. The molecule has 0 saturated heterocycles. The minimum absolute atomic E-state index is 0.0297. The van der Waals surface area contributed by atoms with Gasteiger partial charge in [-0.25, -0.2) is 9.98 Å². The number of non-ortho nitro benzene ring substituents is 1. The average Bonchev–Trinajstić information content (AvgIpc) is 2.46. The molecule has 1 aromatic heterocycles. The van der Waals surface area contributed by atoms with Crippen molar-refractivity contribution in [2.24, 2.45) is 4.99 Å². The molecule has 0 atom stereocenters. The van der Waals surface area contributed by atoms with Gasteiger partial charge in [-0.1, -0.05) is 0 Å². The van der Waals surface area contributed by atoms with E-state index in [4.69, 9.17) is 4.74 Å². The Morgan fingerprint density at radius 2 is 2.09 bits per heavy atom. The van der Waals surface area contributed by atoms with Crippen LogP contribution in [0.5, 0.6) is 11.5 Å². The SMILES string of the molecule is Cc1cc([N+](=O)[O-])ccc1Oc1cc(Br)nc(N=CN(C)C)c1. The molecule has 0 bridgehead atoms. The van der Waals surface area contributed by atoms with Crippen LogP contribution in [0.3, 0.4) is 0 Å². The number of nitro benzene ring substituents is 1. The second kappa shape index (κ2) is 7.19. The lowest BCUT2D eigenvalue weighted by Crippen LogP contribution is -2.07. The van der Waals surface area contributed by atoms with E-state index < -0.39 is 4.92 Å². The number of halogens is 1. The fourth-order valence-corrected chi connectivity index (χ4v) is 2.16. The summed E-state index contributed by atoms with van der Waals surface area (Å²) in [4.78, 5) is 20.6. The predicted molar refractivity (Wildman–Crippen MR) is 91.7 cm³/mol. The summed E-state index contributed by atoms with van der Waals surface area (Å²) in [7, 11) is 3.72. The van der Waals surface area contributed by atoms with Crippen molar-refractivity contribution in [2.45, 2.75) is 6.92 Å². The van der Waals surface area contributed by atoms with Crippen molar-refractivity contribution in [1.82, 2.24) is 9.88 Å². The fraction of sp³-hybridized carbons (Fsp3) is 0.200. The minimum atomic E-state index is -0.437. The Bertz CT molecular complexity index is 762. The molecular formula is C15H15BrN4O3. The Balaban J connectivity index is 2.28. The van der Waals surface area contributed by atoms with E-state index in [1.807, 2.05) is 14.1 Å². The highest BCUT2D eigenvalue weighted by molar-refractivity contribution is 9.10. The van der Waals surface area contributed by atoms with Crippen LogP contribution in [-0.2, 0) is 0 Å². The van der Waals surface area contributed by atoms with Crippen LogP contribution >= 0.6 is 15.9 Å². The molecule has 1 heterocycles. The minimum Gasteiger partial charge on any atom is -0.457 e. The number of pyridine rings is 1. The van der Waals surface area contributed by atoms with Gasteiger partial charge in [0.1, 0.15) is 16.1 Å². The Labute approximate surface area is 141 Å². The lowest BCUT2D eigenvalue weighted by molar-refractivity contribution is -0.384. The molecule has 0 radical (unpaired) electrons. The van der Waals surface area contributed by atoms with Gasteiger partial charge < -0.3 is 9.64 Å². The van der Waals surface area contributed by atoms with Crippen molar-refractivity contribution in [3.63, 3.8) is 0 Å². The summed E-state index contributed by atoms with van der Waals surface area (Å²) in [5.41, 5.74) is 0.701. The number of rotatable bonds is 5. The Morgan fingerprint density at radius 1 is 1.35 bits per heavy atom. The van der Waals surface area contributed by atoms with Crippen molar-refractivity contribution in [1.29, 1.82) is 0 Å². The monoisotopic (exact) mass is 378 g/mol. The van der Waals surface area contributed by atoms with Crippen LogP contribution < -0.4 is 4.74 Å². The first kappa shape index (κ1) is 16.9. The molecule has 0 aliphatic rings. The molecule has 0 amide bonds. The molecule has 0 saturated carbocycles. The van der Waals surface area contributed by atoms with E-state index in [9.17, 15) is 10.1 Å². The highest BCUT2D eigenvalue weighted by Gasteiger charge is 2.10. The number of aromatic nitrogens is 1. The number of hydrogen-bond acceptors (Lipinski definition) is 5. The van der Waals surface area contributed by atoms with Gasteiger partial charge in [0, 0.05) is 38.4 Å². The zero-order chi connectivity index (χ0) is 17.0. The van der Waals surface area contributed by atoms with Crippen LogP contribution in [0.1, 0.15) is 5.56 Å². The summed E-state index contributed by atoms with van der Waals surface area (Å²) in [6, 6.07) is 7.84. The molecule has 0 unspecified atom stereocenters. The van der Waals surface area contributed by atoms with Crippen LogP contribution in [0.4, 0.5) is 11.5 Å². The Kier molecular flexibility index (Phi) is 5.28. The highest BCUT2D eigenvalue weighted by atomic mass is 79.9. The topological polar surface area (TPSA) is 80.9 Å². The Morgan fingerprint density at radius 3 is 2.70 bits per heavy atom. The molecule has 120 valence electrons. The van der Waals surface area contributed by atoms with E-state index in [0.29, 0.717) is 27.5 Å². The summed E-state index contributed by atoms with van der Waals surface area (Å²) in [5, 5.41) is 10.8. The number of nitrogens with zero attached hydrogens (tertiary/aromatic N) is 4. The van der Waals surface area contributed by atoms with Crippen molar-refractivity contribution < 1.29 is 9.66 Å². The normalized spacial score (nSPS) is 10.8. The molecule has 0 aliphatic heterocycles. The third-order valence-electron chi connectivity index (χ3n) is 2.77. The van der Waals surface area contributed by atoms with Crippen LogP contribution in [0.2, 0.25) is 0 Å². The number of hydrogen-bond donors (Lipinski definition) is 0. The van der Waals surface area contributed by atoms with Crippen molar-refractivity contribution in [3.05, 3.63) is 50.6 Å². The van der Waals surface area contributed by atoms with E-state index in [1.165, 1.54) is 12.1 Å². The molecule has 0 fully saturated rings. The average molecular weight is 379 g/mol. The molecule has 2 aromatic rings. The maximum absolute atomic E-state index is 10.8. The molecule has 23 heavy (non-hydrogen) atoms. The van der Waals surface area contributed by atoms with Gasteiger partial charge in [-0.2, -0.15) is 0 Å². The largest absolute Gasteiger partial charge is 0.457 e. The number of nitro groups is 1. The van der Waals surface area contributed by atoms with Crippen molar-refractivity contribution in [3.8, 4) is 11.5 Å². The fourth-order valence-electron chi connectivity index (χ4n) is 1.75. The van der Waals surface area contributed by atoms with Gasteiger partial charge in [0.05, 0.1) is 11.3 Å². The van der Waals surface area contributed by atoms with E-state index in [2.05, 4.69) is 25.9 Å². The molecule has 2 rings (SSSR count). The quantitative estimate of drug-likeness (QED) is 0.257. The van der Waals surface area contributed by atoms with Crippen LogP contribution in [0.25, 0.3) is 0 Å². The molecule has 0 spiro atoms. The van der Waals surface area contributed by atoms with Crippen LogP contribution in [0.15, 0.2) is 39.9 Å². The second-order valence-electron chi connectivity index (χ2n) is 5.00. The van der Waals surface area contributed by atoms with E-state index in [-0.39, 0.29) is 5.69 Å². The molecule has 7 nitrogen and oxygen atoms in total. The maximum atomic E-state index is 10.8. The van der Waals surface area contributed by atoms with E-state index in [1.54, 1.807) is 36.4 Å². The zero-order valence-corrected chi connectivity index (χ0v) is 14.4. The third kappa shape index (κ3) is 4.75. The third-order valence-corrected chi connectivity index (χ3v) is 3.18. The molecule has 0 N–H and O–H groups in total. The summed E-state index contributed by atoms with van der Waals surface area (Å²) >= 11 is 3.31. The molecule has 1 aromatic carbocycles. The second-order valence-corrected chi connectivity index (χ2v) is 5.81. The van der Waals surface area contributed by atoms with Crippen molar-refractivity contribution >= 4 is 33.8 Å². The lowest BCUT2D eigenvalue weighted by atomic mass is 10.2. The van der Waals surface area contributed by atoms with Crippen molar-refractivity contribution in [2.75, 3.05) is 14.1 Å². The summed E-state index contributed by atoms with van der Waals surface area (Å²) in [6.45, 7) is 1.75. The number of benzene rings is 1. The predicted octanol–water partition coefficient (Wildman–Crippen LogP) is 4.07.